The summed E-state index contributed by atoms with van der Waals surface area (Å²) in [6, 6.07) is 8.30. The van der Waals surface area contributed by atoms with Gasteiger partial charge in [-0.2, -0.15) is 52.7 Å². The Balaban J connectivity index is 2.51. The SMILES string of the molecule is Cc1cccc(-c2ccc(C(F)(F)C(F)(F)C(F)(F)C(F)(F)C(F)(F)C(C)(F)F)cc2)c1. The van der Waals surface area contributed by atoms with Gasteiger partial charge in [0.25, 0.3) is 0 Å². The Bertz CT molecular complexity index is 955. The molecule has 2 rings (SSSR count). The summed E-state index contributed by atoms with van der Waals surface area (Å²) in [5.74, 6) is -41.4. The van der Waals surface area contributed by atoms with Crippen molar-refractivity contribution in [1.82, 2.24) is 0 Å². The molecule has 0 radical (unpaired) electrons. The predicted molar refractivity (Wildman–Crippen MR) is 90.9 cm³/mol. The third-order valence-electron chi connectivity index (χ3n) is 4.73. The van der Waals surface area contributed by atoms with E-state index in [-0.39, 0.29) is 17.7 Å². The van der Waals surface area contributed by atoms with Crippen molar-refractivity contribution >= 4 is 0 Å². The standard InChI is InChI=1S/C20H14F12/c1-11-4-3-5-13(10-11)12-6-8-14(9-7-12)16(23,24)18(27,28)20(31,32)19(29,30)17(25,26)15(2,21)22/h3-10H,1-2H3. The maximum atomic E-state index is 14.2. The molecule has 0 aliphatic carbocycles. The molecule has 0 N–H and O–H groups in total. The van der Waals surface area contributed by atoms with Gasteiger partial charge in [0.05, 0.1) is 0 Å². The Labute approximate surface area is 173 Å². The molecule has 0 aliphatic heterocycles. The van der Waals surface area contributed by atoms with E-state index in [0.29, 0.717) is 5.56 Å². The van der Waals surface area contributed by atoms with E-state index >= 15 is 0 Å². The Morgan fingerprint density at radius 3 is 1.44 bits per heavy atom. The Morgan fingerprint density at radius 1 is 0.531 bits per heavy atom. The summed E-state index contributed by atoms with van der Waals surface area (Å²) in [5.41, 5.74) is -0.626. The van der Waals surface area contributed by atoms with E-state index in [1.54, 1.807) is 25.1 Å². The summed E-state index contributed by atoms with van der Waals surface area (Å²) in [6.45, 7) is 0.738. The van der Waals surface area contributed by atoms with Gasteiger partial charge in [0.2, 0.25) is 0 Å². The first-order valence-electron chi connectivity index (χ1n) is 8.66. The van der Waals surface area contributed by atoms with Gasteiger partial charge in [-0.1, -0.05) is 54.1 Å². The molecule has 0 spiro atoms. The number of benzene rings is 2. The largest absolute Gasteiger partial charge is 0.385 e. The third-order valence-corrected chi connectivity index (χ3v) is 4.73. The van der Waals surface area contributed by atoms with Crippen LogP contribution in [0.5, 0.6) is 0 Å². The van der Waals surface area contributed by atoms with E-state index in [0.717, 1.165) is 17.7 Å². The van der Waals surface area contributed by atoms with Crippen LogP contribution < -0.4 is 0 Å². The zero-order chi connectivity index (χ0) is 25.0. The molecule has 0 fully saturated rings. The summed E-state index contributed by atoms with van der Waals surface area (Å²) >= 11 is 0. The number of rotatable bonds is 7. The van der Waals surface area contributed by atoms with Crippen molar-refractivity contribution in [3.63, 3.8) is 0 Å². The predicted octanol–water partition coefficient (Wildman–Crippen LogP) is 7.95. The second kappa shape index (κ2) is 7.58. The van der Waals surface area contributed by atoms with Crippen LogP contribution in [0.3, 0.4) is 0 Å². The van der Waals surface area contributed by atoms with Crippen LogP contribution in [0.1, 0.15) is 18.1 Å². The number of hydrogen-bond acceptors (Lipinski definition) is 0. The number of halogens is 12. The highest BCUT2D eigenvalue weighted by Crippen LogP contribution is 2.61. The quantitative estimate of drug-likeness (QED) is 0.352. The molecule has 178 valence electrons. The van der Waals surface area contributed by atoms with Gasteiger partial charge in [0, 0.05) is 12.5 Å². The Hall–Kier alpha value is -2.40. The van der Waals surface area contributed by atoms with Crippen LogP contribution >= 0.6 is 0 Å². The number of aryl methyl sites for hydroxylation is 1. The maximum Gasteiger partial charge on any atom is 0.385 e. The Morgan fingerprint density at radius 2 is 1.00 bits per heavy atom. The van der Waals surface area contributed by atoms with Crippen molar-refractivity contribution in [3.05, 3.63) is 59.7 Å². The minimum absolute atomic E-state index is 0.158. The topological polar surface area (TPSA) is 0 Å². The number of hydrogen-bond donors (Lipinski definition) is 0. The van der Waals surface area contributed by atoms with Crippen LogP contribution in [-0.4, -0.2) is 29.6 Å². The molecule has 0 saturated heterocycles. The summed E-state index contributed by atoms with van der Waals surface area (Å²) in [4.78, 5) is 0. The molecule has 2 aromatic carbocycles. The Kier molecular flexibility index (Phi) is 6.13. The van der Waals surface area contributed by atoms with E-state index in [1.165, 1.54) is 6.07 Å². The fourth-order valence-electron chi connectivity index (χ4n) is 2.75. The monoisotopic (exact) mass is 482 g/mol. The summed E-state index contributed by atoms with van der Waals surface area (Å²) < 4.78 is 163. The van der Waals surface area contributed by atoms with E-state index in [2.05, 4.69) is 0 Å². The van der Waals surface area contributed by atoms with Gasteiger partial charge in [0.1, 0.15) is 0 Å². The van der Waals surface area contributed by atoms with Crippen LogP contribution in [0.25, 0.3) is 11.1 Å². The molecule has 0 bridgehead atoms. The lowest BCUT2D eigenvalue weighted by molar-refractivity contribution is -0.425. The lowest BCUT2D eigenvalue weighted by atomic mass is 9.88. The van der Waals surface area contributed by atoms with E-state index in [1.807, 2.05) is 0 Å². The minimum atomic E-state index is -7.57. The normalized spacial score (nSPS) is 14.6. The second-order valence-corrected chi connectivity index (χ2v) is 7.21. The average Bonchev–Trinajstić information content (AvgIpc) is 2.66. The molecule has 12 heteroatoms. The van der Waals surface area contributed by atoms with Crippen LogP contribution in [0.4, 0.5) is 52.7 Å². The summed E-state index contributed by atoms with van der Waals surface area (Å²) in [5, 5.41) is 0. The van der Waals surface area contributed by atoms with Crippen LogP contribution in [0.15, 0.2) is 48.5 Å². The van der Waals surface area contributed by atoms with Crippen molar-refractivity contribution in [3.8, 4) is 11.1 Å². The molecule has 0 aromatic heterocycles. The fraction of sp³-hybridized carbons (Fsp3) is 0.400. The number of alkyl halides is 12. The molecule has 0 unspecified atom stereocenters. The third kappa shape index (κ3) is 3.71. The lowest BCUT2D eigenvalue weighted by Crippen LogP contribution is -2.69. The van der Waals surface area contributed by atoms with Crippen LogP contribution in [-0.2, 0) is 5.92 Å². The molecule has 2 aromatic rings. The van der Waals surface area contributed by atoms with Gasteiger partial charge < -0.3 is 0 Å². The highest BCUT2D eigenvalue weighted by Gasteiger charge is 2.89. The van der Waals surface area contributed by atoms with Crippen molar-refractivity contribution in [2.24, 2.45) is 0 Å². The molecule has 0 amide bonds. The molecular weight excluding hydrogens is 468 g/mol. The van der Waals surface area contributed by atoms with Gasteiger partial charge in [-0.15, -0.1) is 0 Å². The zero-order valence-corrected chi connectivity index (χ0v) is 16.2. The fourth-order valence-corrected chi connectivity index (χ4v) is 2.75. The van der Waals surface area contributed by atoms with Crippen LogP contribution in [0.2, 0.25) is 0 Å². The van der Waals surface area contributed by atoms with Crippen LogP contribution in [0, 0.1) is 6.92 Å². The molecular formula is C20H14F12. The molecule has 0 saturated carbocycles. The minimum Gasteiger partial charge on any atom is -0.200 e. The first-order valence-corrected chi connectivity index (χ1v) is 8.66. The van der Waals surface area contributed by atoms with Crippen molar-refractivity contribution < 1.29 is 52.7 Å². The maximum absolute atomic E-state index is 14.2. The summed E-state index contributed by atoms with van der Waals surface area (Å²) in [6.07, 6.45) is 0. The van der Waals surface area contributed by atoms with E-state index < -0.39 is 48.0 Å². The molecule has 32 heavy (non-hydrogen) atoms. The van der Waals surface area contributed by atoms with Gasteiger partial charge in [-0.3, -0.25) is 0 Å². The highest BCUT2D eigenvalue weighted by molar-refractivity contribution is 5.64. The first kappa shape index (κ1) is 25.9. The van der Waals surface area contributed by atoms with Gasteiger partial charge >= 0.3 is 35.5 Å². The van der Waals surface area contributed by atoms with Crippen molar-refractivity contribution in [1.29, 1.82) is 0 Å². The lowest BCUT2D eigenvalue weighted by Gasteiger charge is -2.40. The second-order valence-electron chi connectivity index (χ2n) is 7.21. The van der Waals surface area contributed by atoms with Crippen molar-refractivity contribution in [2.75, 3.05) is 0 Å². The van der Waals surface area contributed by atoms with Gasteiger partial charge in [-0.05, 0) is 18.1 Å². The van der Waals surface area contributed by atoms with E-state index in [4.69, 9.17) is 0 Å². The van der Waals surface area contributed by atoms with Gasteiger partial charge in [0.15, 0.2) is 0 Å². The molecule has 0 aliphatic rings. The zero-order valence-electron chi connectivity index (χ0n) is 16.2. The average molecular weight is 482 g/mol. The molecule has 0 nitrogen and oxygen atoms in total. The smallest absolute Gasteiger partial charge is 0.200 e. The molecule has 0 atom stereocenters. The first-order chi connectivity index (χ1) is 14.2. The van der Waals surface area contributed by atoms with Gasteiger partial charge in [-0.25, -0.2) is 0 Å². The summed E-state index contributed by atoms with van der Waals surface area (Å²) in [7, 11) is 0. The highest BCUT2D eigenvalue weighted by atomic mass is 19.4. The van der Waals surface area contributed by atoms with Crippen molar-refractivity contribution in [2.45, 2.75) is 49.4 Å². The molecule has 0 heterocycles. The van der Waals surface area contributed by atoms with E-state index in [9.17, 15) is 52.7 Å².